The molecule has 7 nitrogen and oxygen atoms in total. The van der Waals surface area contributed by atoms with Crippen molar-refractivity contribution in [2.75, 3.05) is 33.0 Å². The molecule has 9 heteroatoms. The van der Waals surface area contributed by atoms with Gasteiger partial charge in [0, 0.05) is 31.4 Å². The van der Waals surface area contributed by atoms with E-state index < -0.39 is 10.0 Å². The van der Waals surface area contributed by atoms with Crippen molar-refractivity contribution >= 4 is 34.0 Å². The minimum atomic E-state index is -3.95. The molecule has 0 saturated heterocycles. The van der Waals surface area contributed by atoms with Gasteiger partial charge in [0.2, 0.25) is 0 Å². The lowest BCUT2D eigenvalue weighted by molar-refractivity contribution is 0.0827. The molecule has 36 heavy (non-hydrogen) atoms. The fraction of sp³-hybridized carbons (Fsp3) is 0.296. The number of anilines is 1. The second kappa shape index (κ2) is 11.3. The van der Waals surface area contributed by atoms with Crippen molar-refractivity contribution in [2.45, 2.75) is 30.2 Å². The van der Waals surface area contributed by atoms with E-state index >= 15 is 0 Å². The van der Waals surface area contributed by atoms with Gasteiger partial charge in [-0.1, -0.05) is 24.3 Å². The molecule has 1 atom stereocenters. The number of nitrogens with zero attached hydrogens (tertiary/aromatic N) is 1. The number of benzene rings is 3. The maximum atomic E-state index is 13.5. The molecule has 0 heterocycles. The van der Waals surface area contributed by atoms with Gasteiger partial charge < -0.3 is 15.0 Å². The number of ether oxygens (including phenoxy) is 1. The highest BCUT2D eigenvalue weighted by Crippen LogP contribution is 2.34. The molecular formula is C27H32ClN3O4S. The molecular weight excluding hydrogens is 498 g/mol. The van der Waals surface area contributed by atoms with Gasteiger partial charge in [0.15, 0.2) is 0 Å². The van der Waals surface area contributed by atoms with Crippen LogP contribution in [0.4, 0.5) is 5.69 Å². The Morgan fingerprint density at radius 3 is 2.47 bits per heavy atom. The third kappa shape index (κ3) is 5.67. The highest BCUT2D eigenvalue weighted by Gasteiger charge is 2.23. The summed E-state index contributed by atoms with van der Waals surface area (Å²) in [4.78, 5) is 13.9. The van der Waals surface area contributed by atoms with Crippen LogP contribution in [0.2, 0.25) is 0 Å². The first-order valence-corrected chi connectivity index (χ1v) is 13.0. The number of fused-ring (bicyclic) bond motifs is 1. The zero-order chi connectivity index (χ0) is 25.2. The number of aryl methyl sites for hydroxylation is 1. The van der Waals surface area contributed by atoms with E-state index in [2.05, 4.69) is 10.0 Å². The average Bonchev–Trinajstić information content (AvgIpc) is 2.87. The van der Waals surface area contributed by atoms with Crippen molar-refractivity contribution in [3.63, 3.8) is 0 Å². The predicted molar refractivity (Wildman–Crippen MR) is 146 cm³/mol. The Kier molecular flexibility index (Phi) is 8.66. The molecule has 0 radical (unpaired) electrons. The van der Waals surface area contributed by atoms with Crippen molar-refractivity contribution in [1.29, 1.82) is 0 Å². The Morgan fingerprint density at radius 1 is 1.03 bits per heavy atom. The molecule has 1 aliphatic carbocycles. The van der Waals surface area contributed by atoms with Gasteiger partial charge in [0.05, 0.1) is 7.11 Å². The van der Waals surface area contributed by atoms with Crippen LogP contribution in [0.15, 0.2) is 65.6 Å². The summed E-state index contributed by atoms with van der Waals surface area (Å²) in [6, 6.07) is 18.1. The van der Waals surface area contributed by atoms with E-state index in [0.29, 0.717) is 16.8 Å². The second-order valence-corrected chi connectivity index (χ2v) is 10.5. The second-order valence-electron chi connectivity index (χ2n) is 8.90. The third-order valence-electron chi connectivity index (χ3n) is 6.36. The van der Waals surface area contributed by atoms with Gasteiger partial charge in [-0.15, -0.1) is 12.4 Å². The van der Waals surface area contributed by atoms with Crippen LogP contribution in [0, 0.1) is 0 Å². The summed E-state index contributed by atoms with van der Waals surface area (Å²) in [5.74, 6) is 0.120. The number of sulfonamides is 1. The van der Waals surface area contributed by atoms with E-state index in [0.717, 1.165) is 30.4 Å². The van der Waals surface area contributed by atoms with Crippen LogP contribution in [-0.4, -0.2) is 47.5 Å². The summed E-state index contributed by atoms with van der Waals surface area (Å²) in [6.45, 7) is 0. The molecule has 1 unspecified atom stereocenters. The summed E-state index contributed by atoms with van der Waals surface area (Å²) in [5.41, 5.74) is 4.81. The number of carbonyl (C=O) groups excluding carboxylic acids is 1. The fourth-order valence-corrected chi connectivity index (χ4v) is 5.77. The highest BCUT2D eigenvalue weighted by molar-refractivity contribution is 7.92. The fourth-order valence-electron chi connectivity index (χ4n) is 4.53. The Hall–Kier alpha value is -3.07. The van der Waals surface area contributed by atoms with E-state index in [4.69, 9.17) is 4.74 Å². The minimum Gasteiger partial charge on any atom is -0.495 e. The van der Waals surface area contributed by atoms with E-state index in [1.807, 2.05) is 25.2 Å². The summed E-state index contributed by atoms with van der Waals surface area (Å²) in [6.07, 6.45) is 3.12. The molecule has 0 aromatic heterocycles. The van der Waals surface area contributed by atoms with Crippen molar-refractivity contribution in [1.82, 2.24) is 10.2 Å². The van der Waals surface area contributed by atoms with Crippen LogP contribution in [0.5, 0.6) is 5.75 Å². The molecule has 4 rings (SSSR count). The van der Waals surface area contributed by atoms with Crippen LogP contribution in [0.3, 0.4) is 0 Å². The molecule has 192 valence electrons. The van der Waals surface area contributed by atoms with Crippen molar-refractivity contribution in [2.24, 2.45) is 0 Å². The Morgan fingerprint density at radius 2 is 1.78 bits per heavy atom. The SMILES string of the molecule is CNC1CCCc2ccc(NS(=O)(=O)c3cc(-c4cccc(C(=O)N(C)C)c4)ccc3OC)cc21.Cl. The van der Waals surface area contributed by atoms with Crippen molar-refractivity contribution in [3.8, 4) is 16.9 Å². The molecule has 0 aliphatic heterocycles. The normalized spacial score (nSPS) is 14.8. The summed E-state index contributed by atoms with van der Waals surface area (Å²) >= 11 is 0. The molecule has 0 saturated carbocycles. The topological polar surface area (TPSA) is 87.7 Å². The van der Waals surface area contributed by atoms with Crippen molar-refractivity contribution in [3.05, 3.63) is 77.4 Å². The van der Waals surface area contributed by atoms with Crippen LogP contribution in [-0.2, 0) is 16.4 Å². The first-order valence-electron chi connectivity index (χ1n) is 11.6. The van der Waals surface area contributed by atoms with Crippen LogP contribution in [0.1, 0.15) is 40.4 Å². The van der Waals surface area contributed by atoms with Gasteiger partial charge >= 0.3 is 0 Å². The lowest BCUT2D eigenvalue weighted by Gasteiger charge is -2.26. The molecule has 3 aromatic rings. The van der Waals surface area contributed by atoms with E-state index in [9.17, 15) is 13.2 Å². The van der Waals surface area contributed by atoms with Crippen molar-refractivity contribution < 1.29 is 17.9 Å². The smallest absolute Gasteiger partial charge is 0.265 e. The first-order chi connectivity index (χ1) is 16.7. The Balaban J connectivity index is 0.00000361. The zero-order valence-corrected chi connectivity index (χ0v) is 22.5. The lowest BCUT2D eigenvalue weighted by atomic mass is 9.87. The minimum absolute atomic E-state index is 0. The molecule has 2 N–H and O–H groups in total. The predicted octanol–water partition coefficient (Wildman–Crippen LogP) is 4.88. The number of nitrogens with one attached hydrogen (secondary N) is 2. The van der Waals surface area contributed by atoms with E-state index in [1.165, 1.54) is 17.6 Å². The number of carbonyl (C=O) groups is 1. The van der Waals surface area contributed by atoms with E-state index in [-0.39, 0.29) is 35.0 Å². The number of rotatable bonds is 7. The molecule has 3 aromatic carbocycles. The summed E-state index contributed by atoms with van der Waals surface area (Å²) in [5, 5.41) is 3.32. The Bertz CT molecular complexity index is 1360. The summed E-state index contributed by atoms with van der Waals surface area (Å²) in [7, 11) is 2.81. The van der Waals surface area contributed by atoms with Crippen LogP contribution < -0.4 is 14.8 Å². The van der Waals surface area contributed by atoms with Gasteiger partial charge in [-0.25, -0.2) is 8.42 Å². The highest BCUT2D eigenvalue weighted by atomic mass is 35.5. The quantitative estimate of drug-likeness (QED) is 0.455. The number of hydrogen-bond acceptors (Lipinski definition) is 5. The zero-order valence-electron chi connectivity index (χ0n) is 20.9. The molecule has 0 fully saturated rings. The summed E-state index contributed by atoms with van der Waals surface area (Å²) < 4.78 is 35.1. The van der Waals surface area contributed by atoms with Crippen LogP contribution in [0.25, 0.3) is 11.1 Å². The molecule has 1 aliphatic rings. The Labute approximate surface area is 219 Å². The van der Waals surface area contributed by atoms with Crippen LogP contribution >= 0.6 is 12.4 Å². The van der Waals surface area contributed by atoms with Gasteiger partial charge in [0.1, 0.15) is 10.6 Å². The van der Waals surface area contributed by atoms with Gasteiger partial charge in [-0.2, -0.15) is 0 Å². The van der Waals surface area contributed by atoms with Gasteiger partial charge in [0.25, 0.3) is 15.9 Å². The third-order valence-corrected chi connectivity index (χ3v) is 7.77. The maximum absolute atomic E-state index is 13.5. The number of methoxy groups -OCH3 is 1. The van der Waals surface area contributed by atoms with E-state index in [1.54, 1.807) is 56.6 Å². The largest absolute Gasteiger partial charge is 0.495 e. The first kappa shape index (κ1) is 27.5. The standard InChI is InChI=1S/C27H31N3O4S.ClH/c1-28-24-10-6-7-18-11-13-22(17-23(18)24)29-35(32,33)26-16-20(12-14-25(26)34-4)19-8-5-9-21(15-19)27(31)30(2)3;/h5,8-9,11-17,24,28-29H,6-7,10H2,1-4H3;1H. The van der Waals surface area contributed by atoms with Gasteiger partial charge in [-0.05, 0) is 85.0 Å². The monoisotopic (exact) mass is 529 g/mol. The lowest BCUT2D eigenvalue weighted by Crippen LogP contribution is -2.22. The number of amides is 1. The van der Waals surface area contributed by atoms with Gasteiger partial charge in [-0.3, -0.25) is 9.52 Å². The maximum Gasteiger partial charge on any atom is 0.265 e. The molecule has 0 spiro atoms. The molecule has 0 bridgehead atoms. The molecule has 1 amide bonds. The number of hydrogen-bond donors (Lipinski definition) is 2. The number of halogens is 1. The average molecular weight is 530 g/mol.